The molecule has 1 saturated carbocycles. The number of anilines is 2. The van der Waals surface area contributed by atoms with E-state index in [4.69, 9.17) is 11.6 Å². The van der Waals surface area contributed by atoms with Gasteiger partial charge in [0.15, 0.2) is 0 Å². The van der Waals surface area contributed by atoms with Gasteiger partial charge in [-0.3, -0.25) is 9.78 Å². The molecule has 0 radical (unpaired) electrons. The monoisotopic (exact) mass is 529 g/mol. The fraction of sp³-hybridized carbons (Fsp3) is 0.296. The predicted octanol–water partition coefficient (Wildman–Crippen LogP) is 4.76. The van der Waals surface area contributed by atoms with E-state index in [0.717, 1.165) is 18.4 Å². The van der Waals surface area contributed by atoms with Gasteiger partial charge in [0.25, 0.3) is 0 Å². The molecule has 2 aromatic heterocycles. The van der Waals surface area contributed by atoms with E-state index in [9.17, 15) is 14.4 Å². The summed E-state index contributed by atoms with van der Waals surface area (Å²) in [5.41, 5.74) is 1.43. The van der Waals surface area contributed by atoms with Crippen LogP contribution in [0.1, 0.15) is 56.5 Å². The highest BCUT2D eigenvalue weighted by atomic mass is 35.5. The summed E-state index contributed by atoms with van der Waals surface area (Å²) in [6, 6.07) is 12.2. The molecule has 4 aromatic rings. The van der Waals surface area contributed by atoms with Crippen LogP contribution in [0.15, 0.2) is 48.8 Å². The number of nitriles is 1. The first kappa shape index (κ1) is 25.7. The van der Waals surface area contributed by atoms with Gasteiger partial charge in [-0.25, -0.2) is 9.07 Å². The lowest BCUT2D eigenvalue weighted by atomic mass is 9.69. The Bertz CT molecular complexity index is 1590. The summed E-state index contributed by atoms with van der Waals surface area (Å²) in [4.78, 5) is 17.2. The second-order valence-corrected chi connectivity index (χ2v) is 11.2. The van der Waals surface area contributed by atoms with Gasteiger partial charge in [0, 0.05) is 22.7 Å². The minimum atomic E-state index is -0.910. The highest BCUT2D eigenvalue weighted by Crippen LogP contribution is 2.38. The molecule has 0 saturated heterocycles. The molecular formula is C27H26BClFN7O. The first-order valence-electron chi connectivity index (χ1n) is 12.3. The second-order valence-electron chi connectivity index (χ2n) is 10.8. The fourth-order valence-corrected chi connectivity index (χ4v) is 4.50. The van der Waals surface area contributed by atoms with Crippen molar-refractivity contribution in [1.82, 2.24) is 20.0 Å². The molecule has 1 fully saturated rings. The van der Waals surface area contributed by atoms with Gasteiger partial charge in [0.2, 0.25) is 5.91 Å². The molecule has 5 rings (SSSR count). The average Bonchev–Trinajstić information content (AvgIpc) is 3.59. The van der Waals surface area contributed by atoms with Gasteiger partial charge < -0.3 is 10.6 Å². The van der Waals surface area contributed by atoms with Crippen LogP contribution < -0.4 is 10.6 Å². The molecule has 0 unspecified atom stereocenters. The van der Waals surface area contributed by atoms with E-state index >= 15 is 0 Å². The summed E-state index contributed by atoms with van der Waals surface area (Å²) in [5.74, 6) is -0.593. The standard InChI is InChI=1S/C27H26BClFN7O/c1-26(2,3)25(38)33-23-15(12-31)13-32-24-20(23)10-18(11-21(24)29)34-27(28,16-4-6-17(30)7-5-16)22-14-37(36-35-22)19-8-9-19/h4-7,10-11,13-14,19,34H,8-9,28H2,1-3H3,(H,32,33,38)/t27-/m0/s1. The number of hydrogen-bond acceptors (Lipinski definition) is 6. The molecule has 8 nitrogen and oxygen atoms in total. The molecule has 1 aliphatic rings. The Morgan fingerprint density at radius 3 is 2.58 bits per heavy atom. The zero-order chi connectivity index (χ0) is 27.2. The Morgan fingerprint density at radius 2 is 1.95 bits per heavy atom. The smallest absolute Gasteiger partial charge is 0.229 e. The van der Waals surface area contributed by atoms with Crippen molar-refractivity contribution < 1.29 is 9.18 Å². The number of carbonyl (C=O) groups is 1. The Labute approximate surface area is 225 Å². The predicted molar refractivity (Wildman–Crippen MR) is 147 cm³/mol. The third kappa shape index (κ3) is 4.82. The van der Waals surface area contributed by atoms with Crippen LogP contribution in [0.4, 0.5) is 15.8 Å². The van der Waals surface area contributed by atoms with Crippen molar-refractivity contribution in [3.05, 3.63) is 76.5 Å². The van der Waals surface area contributed by atoms with Crippen LogP contribution >= 0.6 is 11.6 Å². The normalized spacial score (nSPS) is 15.1. The highest BCUT2D eigenvalue weighted by molar-refractivity contribution is 6.36. The van der Waals surface area contributed by atoms with Crippen molar-refractivity contribution in [1.29, 1.82) is 5.26 Å². The van der Waals surface area contributed by atoms with Gasteiger partial charge in [-0.2, -0.15) is 5.26 Å². The van der Waals surface area contributed by atoms with Crippen molar-refractivity contribution in [3.63, 3.8) is 0 Å². The summed E-state index contributed by atoms with van der Waals surface area (Å²) < 4.78 is 15.7. The van der Waals surface area contributed by atoms with E-state index in [0.29, 0.717) is 39.0 Å². The van der Waals surface area contributed by atoms with Crippen LogP contribution in [0.2, 0.25) is 5.02 Å². The van der Waals surface area contributed by atoms with Crippen LogP contribution in [0, 0.1) is 22.6 Å². The van der Waals surface area contributed by atoms with Crippen molar-refractivity contribution in [3.8, 4) is 6.07 Å². The molecule has 192 valence electrons. The maximum atomic E-state index is 13.8. The summed E-state index contributed by atoms with van der Waals surface area (Å²) >= 11 is 6.67. The van der Waals surface area contributed by atoms with E-state index in [1.807, 2.05) is 18.7 Å². The zero-order valence-corrected chi connectivity index (χ0v) is 22.3. The number of amides is 1. The number of aromatic nitrogens is 4. The molecule has 1 aliphatic carbocycles. The molecule has 1 amide bonds. The summed E-state index contributed by atoms with van der Waals surface area (Å²) in [7, 11) is 1.94. The van der Waals surface area contributed by atoms with E-state index in [-0.39, 0.29) is 17.3 Å². The number of benzene rings is 2. The lowest BCUT2D eigenvalue weighted by Gasteiger charge is -2.31. The number of carbonyl (C=O) groups excluding carboxylic acids is 1. The molecule has 38 heavy (non-hydrogen) atoms. The van der Waals surface area contributed by atoms with Crippen molar-refractivity contribution in [2.24, 2.45) is 5.41 Å². The number of halogens is 2. The molecular weight excluding hydrogens is 504 g/mol. The van der Waals surface area contributed by atoms with E-state index in [1.165, 1.54) is 18.3 Å². The van der Waals surface area contributed by atoms with Crippen molar-refractivity contribution in [2.75, 3.05) is 10.6 Å². The van der Waals surface area contributed by atoms with Gasteiger partial charge in [0.05, 0.1) is 39.5 Å². The lowest BCUT2D eigenvalue weighted by Crippen LogP contribution is -2.37. The largest absolute Gasteiger partial charge is 0.378 e. The SMILES string of the molecule is B[C@](Nc1cc(Cl)c2ncc(C#N)c(NC(=O)C(C)(C)C)c2c1)(c1ccc(F)cc1)c1cn(C2CC2)nn1. The number of rotatable bonds is 6. The van der Waals surface area contributed by atoms with Gasteiger partial charge in [0.1, 0.15) is 25.4 Å². The number of nitrogens with one attached hydrogen (secondary N) is 2. The van der Waals surface area contributed by atoms with E-state index < -0.39 is 10.9 Å². The Hall–Kier alpha value is -3.97. The van der Waals surface area contributed by atoms with Gasteiger partial charge >= 0.3 is 0 Å². The highest BCUT2D eigenvalue weighted by Gasteiger charge is 2.34. The van der Waals surface area contributed by atoms with Crippen LogP contribution in [-0.2, 0) is 10.2 Å². The van der Waals surface area contributed by atoms with Crippen LogP contribution in [-0.4, -0.2) is 33.7 Å². The molecule has 2 heterocycles. The number of nitrogens with zero attached hydrogens (tertiary/aromatic N) is 5. The Kier molecular flexibility index (Phi) is 6.36. The summed E-state index contributed by atoms with van der Waals surface area (Å²) in [6.45, 7) is 5.38. The minimum absolute atomic E-state index is 0.219. The lowest BCUT2D eigenvalue weighted by molar-refractivity contribution is -0.123. The maximum Gasteiger partial charge on any atom is 0.229 e. The molecule has 0 aliphatic heterocycles. The Morgan fingerprint density at radius 1 is 1.24 bits per heavy atom. The molecule has 2 N–H and O–H groups in total. The van der Waals surface area contributed by atoms with Crippen LogP contribution in [0.25, 0.3) is 10.9 Å². The van der Waals surface area contributed by atoms with Gasteiger partial charge in [-0.05, 0) is 42.7 Å². The molecule has 2 aromatic carbocycles. The van der Waals surface area contributed by atoms with Crippen LogP contribution in [0.3, 0.4) is 0 Å². The van der Waals surface area contributed by atoms with E-state index in [2.05, 4.69) is 32.0 Å². The average molecular weight is 530 g/mol. The first-order chi connectivity index (χ1) is 18.0. The fourth-order valence-electron chi connectivity index (χ4n) is 4.23. The summed E-state index contributed by atoms with van der Waals surface area (Å²) in [5, 5.41) is 25.8. The van der Waals surface area contributed by atoms with E-state index in [1.54, 1.807) is 45.0 Å². The van der Waals surface area contributed by atoms with Gasteiger partial charge in [-0.1, -0.05) is 49.7 Å². The maximum absolute atomic E-state index is 13.8. The van der Waals surface area contributed by atoms with Crippen molar-refractivity contribution >= 4 is 47.6 Å². The molecule has 0 spiro atoms. The molecule has 11 heteroatoms. The van der Waals surface area contributed by atoms with Crippen LogP contribution in [0.5, 0.6) is 0 Å². The first-order valence-corrected chi connectivity index (χ1v) is 12.7. The quantitative estimate of drug-likeness (QED) is 0.349. The third-order valence-corrected chi connectivity index (χ3v) is 7.01. The number of pyridine rings is 1. The molecule has 1 atom stereocenters. The number of fused-ring (bicyclic) bond motifs is 1. The number of hydrogen-bond donors (Lipinski definition) is 2. The summed E-state index contributed by atoms with van der Waals surface area (Å²) in [6.07, 6.45) is 5.42. The topological polar surface area (TPSA) is 109 Å². The molecule has 0 bridgehead atoms. The zero-order valence-electron chi connectivity index (χ0n) is 21.5. The second kappa shape index (κ2) is 9.41. The minimum Gasteiger partial charge on any atom is -0.378 e. The van der Waals surface area contributed by atoms with Gasteiger partial charge in [-0.15, -0.1) is 5.10 Å². The Balaban J connectivity index is 1.64. The van der Waals surface area contributed by atoms with Crippen molar-refractivity contribution in [2.45, 2.75) is 45.1 Å². The third-order valence-electron chi connectivity index (χ3n) is 6.72.